The summed E-state index contributed by atoms with van der Waals surface area (Å²) >= 11 is 0. The normalized spacial score (nSPS) is 19.8. The van der Waals surface area contributed by atoms with Crippen LogP contribution in [0.15, 0.2) is 12.1 Å². The van der Waals surface area contributed by atoms with E-state index in [0.29, 0.717) is 5.82 Å². The first kappa shape index (κ1) is 8.80. The first-order valence-electron chi connectivity index (χ1n) is 4.85. The maximum absolute atomic E-state index is 13.2. The topological polar surface area (TPSA) is 0 Å². The minimum Gasteiger partial charge on any atom is -0.207 e. The fourth-order valence-corrected chi connectivity index (χ4v) is 2.01. The van der Waals surface area contributed by atoms with Crippen molar-refractivity contribution in [2.75, 3.05) is 0 Å². The van der Waals surface area contributed by atoms with Gasteiger partial charge in [0.25, 0.3) is 0 Å². The van der Waals surface area contributed by atoms with Crippen LogP contribution in [-0.4, -0.2) is 7.28 Å². The molecule has 0 spiro atoms. The van der Waals surface area contributed by atoms with Crippen LogP contribution in [0.2, 0.25) is 5.82 Å². The van der Waals surface area contributed by atoms with Crippen LogP contribution in [0.25, 0.3) is 0 Å². The van der Waals surface area contributed by atoms with Crippen LogP contribution in [0.3, 0.4) is 0 Å². The number of hydrogen-bond acceptors (Lipinski definition) is 0. The molecule has 1 atom stereocenters. The van der Waals surface area contributed by atoms with Crippen molar-refractivity contribution in [2.24, 2.45) is 0 Å². The van der Waals surface area contributed by atoms with E-state index in [0.717, 1.165) is 23.9 Å². The van der Waals surface area contributed by atoms with Gasteiger partial charge < -0.3 is 0 Å². The maximum atomic E-state index is 13.2. The highest BCUT2D eigenvalue weighted by molar-refractivity contribution is 6.57. The van der Waals surface area contributed by atoms with Gasteiger partial charge in [0.2, 0.25) is 0 Å². The number of fused-ring (bicyclic) bond motifs is 1. The summed E-state index contributed by atoms with van der Waals surface area (Å²) < 4.78 is 13.2. The molecule has 1 aromatic rings. The first-order chi connectivity index (χ1) is 6.22. The third-order valence-corrected chi connectivity index (χ3v) is 2.95. The summed E-state index contributed by atoms with van der Waals surface area (Å²) in [4.78, 5) is 0. The van der Waals surface area contributed by atoms with Crippen LogP contribution in [0.5, 0.6) is 0 Å². The van der Waals surface area contributed by atoms with Crippen LogP contribution in [0.4, 0.5) is 4.39 Å². The third kappa shape index (κ3) is 1.39. The molecule has 1 heterocycles. The van der Waals surface area contributed by atoms with Gasteiger partial charge in [-0.1, -0.05) is 36.3 Å². The van der Waals surface area contributed by atoms with Crippen LogP contribution < -0.4 is 5.46 Å². The predicted molar refractivity (Wildman–Crippen MR) is 54.3 cm³/mol. The highest BCUT2D eigenvalue weighted by Crippen LogP contribution is 2.24. The van der Waals surface area contributed by atoms with Crippen molar-refractivity contribution in [1.82, 2.24) is 0 Å². The second-order valence-electron chi connectivity index (χ2n) is 3.78. The molecule has 1 aromatic carbocycles. The van der Waals surface area contributed by atoms with Gasteiger partial charge in [-0.25, -0.2) is 4.39 Å². The van der Waals surface area contributed by atoms with E-state index in [1.54, 1.807) is 6.07 Å². The number of halogens is 1. The smallest absolute Gasteiger partial charge is 0.156 e. The van der Waals surface area contributed by atoms with E-state index in [4.69, 9.17) is 0 Å². The molecular formula is C11H13BF. The summed E-state index contributed by atoms with van der Waals surface area (Å²) in [7, 11) is 2.22. The molecule has 0 aromatic heterocycles. The van der Waals surface area contributed by atoms with Gasteiger partial charge >= 0.3 is 0 Å². The summed E-state index contributed by atoms with van der Waals surface area (Å²) in [6.07, 6.45) is 2.24. The summed E-state index contributed by atoms with van der Waals surface area (Å²) in [5, 5.41) is 0. The van der Waals surface area contributed by atoms with Gasteiger partial charge in [-0.3, -0.25) is 0 Å². The van der Waals surface area contributed by atoms with Crippen LogP contribution in [0, 0.1) is 12.7 Å². The van der Waals surface area contributed by atoms with Crippen molar-refractivity contribution in [3.05, 3.63) is 29.1 Å². The second kappa shape index (κ2) is 3.17. The molecular weight excluding hydrogens is 162 g/mol. The molecule has 1 radical (unpaired) electrons. The quantitative estimate of drug-likeness (QED) is 0.574. The minimum atomic E-state index is -0.0771. The van der Waals surface area contributed by atoms with Crippen LogP contribution >= 0.6 is 0 Å². The molecule has 0 aliphatic carbocycles. The minimum absolute atomic E-state index is 0.0771. The van der Waals surface area contributed by atoms with Crippen molar-refractivity contribution < 1.29 is 4.39 Å². The molecule has 0 nitrogen and oxygen atoms in total. The zero-order valence-corrected chi connectivity index (χ0v) is 8.10. The fourth-order valence-electron chi connectivity index (χ4n) is 2.01. The van der Waals surface area contributed by atoms with Gasteiger partial charge in [0.15, 0.2) is 7.28 Å². The first-order valence-corrected chi connectivity index (χ1v) is 4.85. The zero-order chi connectivity index (χ0) is 9.42. The second-order valence-corrected chi connectivity index (χ2v) is 3.78. The van der Waals surface area contributed by atoms with Gasteiger partial charge in [-0.2, -0.15) is 0 Å². The number of benzene rings is 1. The molecule has 0 saturated carbocycles. The predicted octanol–water partition coefficient (Wildman–Crippen LogP) is 2.22. The Morgan fingerprint density at radius 1 is 1.54 bits per heavy atom. The summed E-state index contributed by atoms with van der Waals surface area (Å²) in [5.41, 5.74) is 3.27. The highest BCUT2D eigenvalue weighted by Gasteiger charge is 2.23. The van der Waals surface area contributed by atoms with Crippen molar-refractivity contribution in [2.45, 2.75) is 32.5 Å². The average molecular weight is 175 g/mol. The van der Waals surface area contributed by atoms with E-state index >= 15 is 0 Å². The van der Waals surface area contributed by atoms with E-state index in [2.05, 4.69) is 14.2 Å². The van der Waals surface area contributed by atoms with E-state index in [9.17, 15) is 4.39 Å². The lowest BCUT2D eigenvalue weighted by Crippen LogP contribution is -2.18. The van der Waals surface area contributed by atoms with Crippen LogP contribution in [0.1, 0.15) is 24.5 Å². The molecule has 1 aliphatic rings. The molecule has 0 bridgehead atoms. The molecule has 0 amide bonds. The Hall–Kier alpha value is -0.785. The average Bonchev–Trinajstić information content (AvgIpc) is 2.55. The Kier molecular flexibility index (Phi) is 2.14. The largest absolute Gasteiger partial charge is 0.207 e. The van der Waals surface area contributed by atoms with E-state index in [-0.39, 0.29) is 5.82 Å². The van der Waals surface area contributed by atoms with Crippen molar-refractivity contribution in [3.8, 4) is 0 Å². The molecule has 2 heteroatoms. The van der Waals surface area contributed by atoms with E-state index in [1.807, 2.05) is 13.0 Å². The number of rotatable bonds is 1. The number of hydrogen-bond donors (Lipinski definition) is 0. The third-order valence-electron chi connectivity index (χ3n) is 2.95. The molecule has 0 saturated heterocycles. The van der Waals surface area contributed by atoms with Crippen LogP contribution in [-0.2, 0) is 6.42 Å². The molecule has 0 fully saturated rings. The Balaban J connectivity index is 2.40. The van der Waals surface area contributed by atoms with E-state index < -0.39 is 0 Å². The van der Waals surface area contributed by atoms with Gasteiger partial charge in [0.05, 0.1) is 0 Å². The molecule has 67 valence electrons. The lowest BCUT2D eigenvalue weighted by molar-refractivity contribution is 0.619. The standard InChI is InChI=1S/C11H13BF/c1-3-9-6-8-4-5-10(13)7(2)11(8)12-9/h4-5,9H,3,6H2,1-2H3. The van der Waals surface area contributed by atoms with Gasteiger partial charge in [0.1, 0.15) is 5.82 Å². The lowest BCUT2D eigenvalue weighted by atomic mass is 9.62. The molecule has 1 aliphatic heterocycles. The van der Waals surface area contributed by atoms with Gasteiger partial charge in [0, 0.05) is 0 Å². The monoisotopic (exact) mass is 175 g/mol. The Bertz CT molecular complexity index is 333. The Labute approximate surface area is 79.4 Å². The van der Waals surface area contributed by atoms with Crippen molar-refractivity contribution >= 4 is 12.7 Å². The molecule has 1 unspecified atom stereocenters. The van der Waals surface area contributed by atoms with E-state index in [1.165, 1.54) is 5.56 Å². The maximum Gasteiger partial charge on any atom is 0.156 e. The highest BCUT2D eigenvalue weighted by atomic mass is 19.1. The SMILES string of the molecule is CCC1[B]c2c(ccc(F)c2C)C1. The Morgan fingerprint density at radius 2 is 2.31 bits per heavy atom. The zero-order valence-electron chi connectivity index (χ0n) is 8.10. The van der Waals surface area contributed by atoms with Crippen molar-refractivity contribution in [3.63, 3.8) is 0 Å². The fraction of sp³-hybridized carbons (Fsp3) is 0.455. The molecule has 0 N–H and O–H groups in total. The molecule has 13 heavy (non-hydrogen) atoms. The summed E-state index contributed by atoms with van der Waals surface area (Å²) in [5.74, 6) is 0.544. The van der Waals surface area contributed by atoms with Gasteiger partial charge in [-0.15, -0.1) is 0 Å². The lowest BCUT2D eigenvalue weighted by Gasteiger charge is -2.03. The van der Waals surface area contributed by atoms with Gasteiger partial charge in [-0.05, 0) is 25.0 Å². The van der Waals surface area contributed by atoms with Crippen molar-refractivity contribution in [1.29, 1.82) is 0 Å². The molecule has 2 rings (SSSR count). The Morgan fingerprint density at radius 3 is 3.00 bits per heavy atom. The summed E-state index contributed by atoms with van der Waals surface area (Å²) in [6.45, 7) is 4.04. The summed E-state index contributed by atoms with van der Waals surface area (Å²) in [6, 6.07) is 3.50.